The normalized spacial score (nSPS) is 36.4. The van der Waals surface area contributed by atoms with Crippen LogP contribution in [0, 0.1) is 22.7 Å². The molecule has 0 radical (unpaired) electrons. The van der Waals surface area contributed by atoms with Crippen LogP contribution in [0.25, 0.3) is 0 Å². The maximum absolute atomic E-state index is 12.0. The van der Waals surface area contributed by atoms with Crippen LogP contribution in [0.15, 0.2) is 12.1 Å². The quantitative estimate of drug-likeness (QED) is 0.840. The van der Waals surface area contributed by atoms with Crippen LogP contribution >= 0.6 is 0 Å². The molecule has 3 fully saturated rings. The predicted molar refractivity (Wildman–Crippen MR) is 107 cm³/mol. The average molecular weight is 402 g/mol. The third kappa shape index (κ3) is 2.68. The molecule has 5 atom stereocenters. The molecular weight excluding hydrogens is 370 g/mol. The average Bonchev–Trinajstić information content (AvgIpc) is 3.19. The molecule has 2 aliphatic heterocycles. The molecule has 1 spiro atoms. The van der Waals surface area contributed by atoms with Crippen LogP contribution in [0.2, 0.25) is 0 Å². The molecule has 2 heterocycles. The van der Waals surface area contributed by atoms with Crippen LogP contribution in [0.1, 0.15) is 51.7 Å². The smallest absolute Gasteiger partial charge is 0.217 e. The third-order valence-corrected chi connectivity index (χ3v) is 8.03. The van der Waals surface area contributed by atoms with Gasteiger partial charge in [-0.15, -0.1) is 0 Å². The van der Waals surface area contributed by atoms with Gasteiger partial charge in [0.25, 0.3) is 0 Å². The van der Waals surface area contributed by atoms with Crippen molar-refractivity contribution >= 4 is 5.91 Å². The number of carbonyl (C=O) groups excluding carboxylic acids is 1. The zero-order valence-electron chi connectivity index (χ0n) is 17.7. The van der Waals surface area contributed by atoms with Gasteiger partial charge >= 0.3 is 0 Å². The lowest BCUT2D eigenvalue weighted by molar-refractivity contribution is -0.136. The molecule has 1 aromatic carbocycles. The Kier molecular flexibility index (Phi) is 4.28. The molecule has 6 heteroatoms. The van der Waals surface area contributed by atoms with E-state index in [1.807, 2.05) is 6.07 Å². The number of carbonyl (C=O) groups is 1. The molecule has 2 saturated carbocycles. The number of benzene rings is 1. The van der Waals surface area contributed by atoms with Crippen molar-refractivity contribution in [3.63, 3.8) is 0 Å². The fourth-order valence-corrected chi connectivity index (χ4v) is 6.78. The minimum absolute atomic E-state index is 0.0224. The van der Waals surface area contributed by atoms with E-state index in [1.165, 1.54) is 0 Å². The molecule has 2 bridgehead atoms. The van der Waals surface area contributed by atoms with Crippen molar-refractivity contribution in [3.8, 4) is 17.2 Å². The second-order valence-corrected chi connectivity index (χ2v) is 9.72. The number of nitrogens with one attached hydrogen (secondary N) is 1. The Labute approximate surface area is 172 Å². The van der Waals surface area contributed by atoms with E-state index in [-0.39, 0.29) is 28.9 Å². The van der Waals surface area contributed by atoms with Crippen LogP contribution < -0.4 is 19.5 Å². The van der Waals surface area contributed by atoms with E-state index in [1.54, 1.807) is 14.0 Å². The molecule has 6 nitrogen and oxygen atoms in total. The lowest BCUT2D eigenvalue weighted by Gasteiger charge is -2.53. The zero-order chi connectivity index (χ0) is 20.4. The van der Waals surface area contributed by atoms with Gasteiger partial charge in [-0.3, -0.25) is 4.79 Å². The number of amides is 1. The van der Waals surface area contributed by atoms with E-state index >= 15 is 0 Å². The lowest BCUT2D eigenvalue weighted by Crippen LogP contribution is -2.58. The topological polar surface area (TPSA) is 66.0 Å². The van der Waals surface area contributed by atoms with Crippen molar-refractivity contribution in [2.75, 3.05) is 26.9 Å². The minimum atomic E-state index is -0.0224. The molecule has 5 rings (SSSR count). The number of hydrogen-bond acceptors (Lipinski definition) is 5. The fraction of sp³-hybridized carbons (Fsp3) is 0.696. The van der Waals surface area contributed by atoms with Crippen molar-refractivity contribution in [2.24, 2.45) is 22.7 Å². The number of fused-ring (bicyclic) bond motifs is 2. The predicted octanol–water partition coefficient (Wildman–Crippen LogP) is 3.48. The minimum Gasteiger partial charge on any atom is -0.493 e. The van der Waals surface area contributed by atoms with Crippen molar-refractivity contribution in [1.29, 1.82) is 0 Å². The maximum Gasteiger partial charge on any atom is 0.217 e. The van der Waals surface area contributed by atoms with Gasteiger partial charge in [0.15, 0.2) is 11.5 Å². The SMILES string of the molecule is COc1cc([C@H]2OCC[C@@]34C[C@@H](C[C@H]23)C(C)(C)[C@@H]4NC(C)=O)cc2c1OCCO2. The second-order valence-electron chi connectivity index (χ2n) is 9.72. The highest BCUT2D eigenvalue weighted by molar-refractivity contribution is 5.73. The zero-order valence-corrected chi connectivity index (χ0v) is 17.7. The molecular formula is C23H31NO5. The Morgan fingerprint density at radius 2 is 2.00 bits per heavy atom. The van der Waals surface area contributed by atoms with Crippen LogP contribution in [-0.4, -0.2) is 38.9 Å². The van der Waals surface area contributed by atoms with Crippen molar-refractivity contribution in [2.45, 2.75) is 52.2 Å². The Hall–Kier alpha value is -1.95. The number of hydrogen-bond donors (Lipinski definition) is 1. The number of methoxy groups -OCH3 is 1. The third-order valence-electron chi connectivity index (χ3n) is 8.03. The lowest BCUT2D eigenvalue weighted by atomic mass is 9.59. The van der Waals surface area contributed by atoms with E-state index < -0.39 is 0 Å². The summed E-state index contributed by atoms with van der Waals surface area (Å²) in [5.74, 6) is 3.13. The summed E-state index contributed by atoms with van der Waals surface area (Å²) in [6.07, 6.45) is 3.27. The van der Waals surface area contributed by atoms with E-state index in [4.69, 9.17) is 18.9 Å². The Balaban J connectivity index is 1.53. The summed E-state index contributed by atoms with van der Waals surface area (Å²) in [6.45, 7) is 8.05. The van der Waals surface area contributed by atoms with E-state index in [2.05, 4.69) is 25.2 Å². The summed E-state index contributed by atoms with van der Waals surface area (Å²) in [5, 5.41) is 3.33. The summed E-state index contributed by atoms with van der Waals surface area (Å²) < 4.78 is 23.6. The Bertz CT molecular complexity index is 820. The van der Waals surface area contributed by atoms with Gasteiger partial charge in [-0.2, -0.15) is 0 Å². The summed E-state index contributed by atoms with van der Waals surface area (Å²) >= 11 is 0. The molecule has 29 heavy (non-hydrogen) atoms. The highest BCUT2D eigenvalue weighted by Gasteiger charge is 2.68. The Morgan fingerprint density at radius 3 is 2.76 bits per heavy atom. The van der Waals surface area contributed by atoms with Gasteiger partial charge in [0.05, 0.1) is 13.2 Å². The summed E-state index contributed by atoms with van der Waals surface area (Å²) in [4.78, 5) is 12.0. The highest BCUT2D eigenvalue weighted by atomic mass is 16.6. The van der Waals surface area contributed by atoms with Crippen molar-refractivity contribution in [1.82, 2.24) is 5.32 Å². The molecule has 2 aliphatic carbocycles. The number of rotatable bonds is 3. The van der Waals surface area contributed by atoms with E-state index in [0.717, 1.165) is 30.6 Å². The van der Waals surface area contributed by atoms with Crippen LogP contribution in [0.4, 0.5) is 0 Å². The van der Waals surface area contributed by atoms with E-state index in [0.29, 0.717) is 43.2 Å². The van der Waals surface area contributed by atoms with Gasteiger partial charge in [-0.25, -0.2) is 0 Å². The first-order valence-electron chi connectivity index (χ1n) is 10.7. The molecule has 0 unspecified atom stereocenters. The van der Waals surface area contributed by atoms with Gasteiger partial charge in [0.1, 0.15) is 13.2 Å². The highest BCUT2D eigenvalue weighted by Crippen LogP contribution is 2.70. The molecule has 1 aromatic rings. The number of ether oxygens (including phenoxy) is 4. The second kappa shape index (κ2) is 6.53. The summed E-state index contributed by atoms with van der Waals surface area (Å²) in [5.41, 5.74) is 1.28. The van der Waals surface area contributed by atoms with Gasteiger partial charge in [0, 0.05) is 19.6 Å². The molecule has 158 valence electrons. The summed E-state index contributed by atoms with van der Waals surface area (Å²) in [7, 11) is 1.66. The van der Waals surface area contributed by atoms with Gasteiger partial charge in [0.2, 0.25) is 11.7 Å². The largest absolute Gasteiger partial charge is 0.493 e. The van der Waals surface area contributed by atoms with Gasteiger partial charge in [-0.05, 0) is 59.6 Å². The first-order chi connectivity index (χ1) is 13.9. The molecule has 1 amide bonds. The van der Waals surface area contributed by atoms with Crippen molar-refractivity contribution < 1.29 is 23.7 Å². The first kappa shape index (κ1) is 19.0. The Morgan fingerprint density at radius 1 is 1.21 bits per heavy atom. The standard InChI is InChI=1S/C23H31NO5/c1-13(25)24-21-22(2,3)15-11-16-19(28-6-5-23(16,21)12-15)14-9-17(26-4)20-18(10-14)27-7-8-29-20/h9-10,15-16,19,21H,5-8,11-12H2,1-4H3,(H,24,25)/t15-,16-,19-,21+,23-/m1/s1. The maximum atomic E-state index is 12.0. The van der Waals surface area contributed by atoms with E-state index in [9.17, 15) is 4.79 Å². The summed E-state index contributed by atoms with van der Waals surface area (Å²) in [6, 6.07) is 4.29. The molecule has 0 aromatic heterocycles. The first-order valence-corrected chi connectivity index (χ1v) is 10.7. The van der Waals surface area contributed by atoms with Crippen LogP contribution in [-0.2, 0) is 9.53 Å². The van der Waals surface area contributed by atoms with Gasteiger partial charge in [-0.1, -0.05) is 13.8 Å². The van der Waals surface area contributed by atoms with Crippen LogP contribution in [0.3, 0.4) is 0 Å². The fourth-order valence-electron chi connectivity index (χ4n) is 6.78. The van der Waals surface area contributed by atoms with Crippen molar-refractivity contribution in [3.05, 3.63) is 17.7 Å². The monoisotopic (exact) mass is 401 g/mol. The van der Waals surface area contributed by atoms with Crippen LogP contribution in [0.5, 0.6) is 17.2 Å². The molecule has 1 N–H and O–H groups in total. The molecule has 4 aliphatic rings. The van der Waals surface area contributed by atoms with Gasteiger partial charge < -0.3 is 24.3 Å². The molecule has 1 saturated heterocycles.